The van der Waals surface area contributed by atoms with Gasteiger partial charge in [-0.2, -0.15) is 8.42 Å². The quantitative estimate of drug-likeness (QED) is 0.737. The molecule has 4 nitrogen and oxygen atoms in total. The highest BCUT2D eigenvalue weighted by Gasteiger charge is 2.29. The number of hydrogen-bond donors (Lipinski definition) is 0. The van der Waals surface area contributed by atoms with Crippen molar-refractivity contribution in [2.45, 2.75) is 24.0 Å². The highest BCUT2D eigenvalue weighted by atomic mass is 32.3. The number of rotatable bonds is 7. The van der Waals surface area contributed by atoms with E-state index in [4.69, 9.17) is 8.37 Å². The molecule has 0 aliphatic rings. The Labute approximate surface area is 146 Å². The number of aryl methyl sites for hydroxylation is 1. The third-order valence-electron chi connectivity index (χ3n) is 3.77. The molecule has 2 rings (SSSR count). The van der Waals surface area contributed by atoms with E-state index in [1.807, 2.05) is 56.7 Å². The highest BCUT2D eigenvalue weighted by molar-refractivity contribution is 8.32. The van der Waals surface area contributed by atoms with Crippen molar-refractivity contribution in [1.82, 2.24) is 0 Å². The molecule has 0 bridgehead atoms. The predicted octanol–water partition coefficient (Wildman–Crippen LogP) is 4.15. The summed E-state index contributed by atoms with van der Waals surface area (Å²) in [5.41, 5.74) is 1.00. The van der Waals surface area contributed by atoms with E-state index in [0.717, 1.165) is 11.3 Å². The molecule has 0 saturated carbocycles. The van der Waals surface area contributed by atoms with Gasteiger partial charge in [0.05, 0.1) is 4.90 Å². The molecule has 6 heteroatoms. The monoisotopic (exact) mass is 368 g/mol. The van der Waals surface area contributed by atoms with Crippen molar-refractivity contribution in [2.24, 2.45) is 0 Å². The zero-order chi connectivity index (χ0) is 17.8. The zero-order valence-corrected chi connectivity index (χ0v) is 16.1. The molecule has 0 spiro atoms. The lowest BCUT2D eigenvalue weighted by Gasteiger charge is -2.35. The largest absolute Gasteiger partial charge is 0.492 e. The van der Waals surface area contributed by atoms with Crippen molar-refractivity contribution < 1.29 is 16.8 Å². The SMILES string of the molecule is Cc1ccc(S(=O)(=O)OS(C)(C)C(C)COc2ccccc2)cc1. The van der Waals surface area contributed by atoms with E-state index < -0.39 is 20.4 Å². The third kappa shape index (κ3) is 5.00. The Morgan fingerprint density at radius 3 is 2.12 bits per heavy atom. The molecule has 0 saturated heterocycles. The maximum Gasteiger partial charge on any atom is 0.306 e. The molecule has 2 aromatic rings. The lowest BCUT2D eigenvalue weighted by molar-refractivity contribution is 0.318. The van der Waals surface area contributed by atoms with E-state index in [1.54, 1.807) is 24.3 Å². The highest BCUT2D eigenvalue weighted by Crippen LogP contribution is 2.49. The van der Waals surface area contributed by atoms with Crippen LogP contribution in [0.1, 0.15) is 12.5 Å². The zero-order valence-electron chi connectivity index (χ0n) is 14.4. The summed E-state index contributed by atoms with van der Waals surface area (Å²) in [6, 6.07) is 16.1. The molecule has 0 fully saturated rings. The van der Waals surface area contributed by atoms with Gasteiger partial charge in [0, 0.05) is 5.25 Å². The van der Waals surface area contributed by atoms with Gasteiger partial charge >= 0.3 is 10.1 Å². The minimum Gasteiger partial charge on any atom is -0.492 e. The van der Waals surface area contributed by atoms with Crippen LogP contribution in [0.3, 0.4) is 0 Å². The molecule has 1 unspecified atom stereocenters. The molecule has 0 heterocycles. The van der Waals surface area contributed by atoms with Crippen LogP contribution in [0.2, 0.25) is 0 Å². The smallest absolute Gasteiger partial charge is 0.306 e. The maximum atomic E-state index is 12.5. The van der Waals surface area contributed by atoms with Crippen LogP contribution >= 0.6 is 10.3 Å². The number of benzene rings is 2. The van der Waals surface area contributed by atoms with Crippen LogP contribution in [0.4, 0.5) is 0 Å². The first-order valence-corrected chi connectivity index (χ1v) is 11.5. The van der Waals surface area contributed by atoms with Gasteiger partial charge in [-0.3, -0.25) is 0 Å². The van der Waals surface area contributed by atoms with Gasteiger partial charge in [0.25, 0.3) is 0 Å². The molecule has 0 amide bonds. The minimum atomic E-state index is -3.78. The molecule has 0 aliphatic heterocycles. The predicted molar refractivity (Wildman–Crippen MR) is 100 cm³/mol. The Hall–Kier alpha value is -1.50. The van der Waals surface area contributed by atoms with Gasteiger partial charge < -0.3 is 4.74 Å². The van der Waals surface area contributed by atoms with Crippen LogP contribution in [0.5, 0.6) is 5.75 Å². The minimum absolute atomic E-state index is 0.0436. The van der Waals surface area contributed by atoms with Crippen LogP contribution in [0.15, 0.2) is 59.5 Å². The van der Waals surface area contributed by atoms with E-state index in [0.29, 0.717) is 6.61 Å². The Balaban J connectivity index is 2.04. The van der Waals surface area contributed by atoms with Crippen molar-refractivity contribution in [2.75, 3.05) is 19.1 Å². The summed E-state index contributed by atoms with van der Waals surface area (Å²) in [5.74, 6) is 0.765. The van der Waals surface area contributed by atoms with Gasteiger partial charge in [-0.05, 0) is 50.6 Å². The first-order valence-electron chi connectivity index (χ1n) is 7.63. The fraction of sp³-hybridized carbons (Fsp3) is 0.333. The Kier molecular flexibility index (Phi) is 5.96. The Bertz CT molecular complexity index is 753. The molecule has 0 aromatic heterocycles. The van der Waals surface area contributed by atoms with E-state index in [2.05, 4.69) is 0 Å². The van der Waals surface area contributed by atoms with E-state index in [9.17, 15) is 8.42 Å². The van der Waals surface area contributed by atoms with E-state index in [-0.39, 0.29) is 10.1 Å². The summed E-state index contributed by atoms with van der Waals surface area (Å²) in [6.07, 6.45) is 3.69. The van der Waals surface area contributed by atoms with Crippen molar-refractivity contribution >= 4 is 20.4 Å². The molecular weight excluding hydrogens is 344 g/mol. The summed E-state index contributed by atoms with van der Waals surface area (Å²) in [7, 11) is -5.64. The van der Waals surface area contributed by atoms with Gasteiger partial charge in [0.2, 0.25) is 0 Å². The van der Waals surface area contributed by atoms with Crippen molar-refractivity contribution in [3.05, 3.63) is 60.2 Å². The number of para-hydroxylation sites is 1. The molecule has 1 atom stereocenters. The average molecular weight is 369 g/mol. The molecule has 132 valence electrons. The number of ether oxygens (including phenoxy) is 1. The van der Waals surface area contributed by atoms with Crippen LogP contribution in [-0.4, -0.2) is 32.8 Å². The first-order chi connectivity index (χ1) is 11.2. The summed E-state index contributed by atoms with van der Waals surface area (Å²) >= 11 is 0. The lowest BCUT2D eigenvalue weighted by Crippen LogP contribution is -2.25. The summed E-state index contributed by atoms with van der Waals surface area (Å²) in [4.78, 5) is 0.185. The third-order valence-corrected chi connectivity index (χ3v) is 8.81. The van der Waals surface area contributed by atoms with Gasteiger partial charge in [-0.1, -0.05) is 35.9 Å². The number of hydrogen-bond acceptors (Lipinski definition) is 4. The normalized spacial score (nSPS) is 14.2. The van der Waals surface area contributed by atoms with Crippen LogP contribution < -0.4 is 4.74 Å². The summed E-state index contributed by atoms with van der Waals surface area (Å²) < 4.78 is 36.3. The fourth-order valence-corrected chi connectivity index (χ4v) is 5.50. The van der Waals surface area contributed by atoms with Crippen LogP contribution in [0.25, 0.3) is 0 Å². The molecule has 2 aromatic carbocycles. The average Bonchev–Trinajstić information content (AvgIpc) is 2.53. The van der Waals surface area contributed by atoms with Gasteiger partial charge in [0.1, 0.15) is 12.4 Å². The lowest BCUT2D eigenvalue weighted by atomic mass is 10.2. The second kappa shape index (κ2) is 7.59. The second-order valence-corrected chi connectivity index (χ2v) is 11.4. The fourth-order valence-electron chi connectivity index (χ4n) is 1.94. The van der Waals surface area contributed by atoms with Crippen LogP contribution in [-0.2, 0) is 13.7 Å². The topological polar surface area (TPSA) is 52.6 Å². The molecule has 0 aliphatic carbocycles. The molecule has 24 heavy (non-hydrogen) atoms. The first kappa shape index (κ1) is 18.8. The van der Waals surface area contributed by atoms with Crippen molar-refractivity contribution in [1.29, 1.82) is 0 Å². The Morgan fingerprint density at radius 1 is 0.958 bits per heavy atom. The maximum absolute atomic E-state index is 12.5. The van der Waals surface area contributed by atoms with E-state index in [1.165, 1.54) is 0 Å². The van der Waals surface area contributed by atoms with Crippen molar-refractivity contribution in [3.8, 4) is 5.75 Å². The Morgan fingerprint density at radius 2 is 1.54 bits per heavy atom. The second-order valence-electron chi connectivity index (χ2n) is 6.08. The summed E-state index contributed by atoms with van der Waals surface area (Å²) in [6.45, 7) is 4.26. The van der Waals surface area contributed by atoms with Gasteiger partial charge in [0.15, 0.2) is 0 Å². The molecule has 0 radical (unpaired) electrons. The molecular formula is C18H24O4S2. The van der Waals surface area contributed by atoms with Gasteiger partial charge in [-0.25, -0.2) is 3.63 Å². The molecule has 0 N–H and O–H groups in total. The standard InChI is InChI=1S/C18H24O4S2/c1-15-10-12-18(13-11-15)24(19,20)22-23(3,4)16(2)14-21-17-8-6-5-7-9-17/h5-13,16H,14H2,1-4H3. The van der Waals surface area contributed by atoms with Gasteiger partial charge in [-0.15, -0.1) is 10.3 Å². The van der Waals surface area contributed by atoms with Crippen molar-refractivity contribution in [3.63, 3.8) is 0 Å². The summed E-state index contributed by atoms with van der Waals surface area (Å²) in [5, 5.41) is -0.0436. The van der Waals surface area contributed by atoms with E-state index >= 15 is 0 Å². The van der Waals surface area contributed by atoms with Crippen LogP contribution in [0, 0.1) is 6.92 Å².